The molecule has 2 aromatic heterocycles. The SMILES string of the molecule is Cn1c(=O)c2ccccc2n2c(SCC3CCC4(CCCC4)O3)nnc12. The van der Waals surface area contributed by atoms with E-state index in [1.54, 1.807) is 23.4 Å². The Morgan fingerprint density at radius 2 is 2.04 bits per heavy atom. The summed E-state index contributed by atoms with van der Waals surface area (Å²) in [5, 5.41) is 10.1. The van der Waals surface area contributed by atoms with E-state index < -0.39 is 0 Å². The van der Waals surface area contributed by atoms with Crippen molar-refractivity contribution in [2.75, 3.05) is 5.75 Å². The van der Waals surface area contributed by atoms with Crippen molar-refractivity contribution < 1.29 is 4.74 Å². The minimum Gasteiger partial charge on any atom is -0.371 e. The van der Waals surface area contributed by atoms with Crippen LogP contribution in [-0.4, -0.2) is 36.6 Å². The van der Waals surface area contributed by atoms with Gasteiger partial charge in [0.05, 0.1) is 22.6 Å². The Kier molecular flexibility index (Phi) is 3.83. The minimum atomic E-state index is -0.0423. The number of nitrogens with zero attached hydrogens (tertiary/aromatic N) is 4. The average molecular weight is 370 g/mol. The Bertz CT molecular complexity index is 1040. The van der Waals surface area contributed by atoms with E-state index in [0.29, 0.717) is 11.2 Å². The summed E-state index contributed by atoms with van der Waals surface area (Å²) in [5.41, 5.74) is 0.978. The number of ether oxygens (including phenoxy) is 1. The third kappa shape index (κ3) is 2.48. The average Bonchev–Trinajstić information content (AvgIpc) is 3.39. The molecule has 136 valence electrons. The molecule has 1 saturated heterocycles. The van der Waals surface area contributed by atoms with Gasteiger partial charge in [-0.05, 0) is 37.8 Å². The van der Waals surface area contributed by atoms with Gasteiger partial charge in [0.15, 0.2) is 5.16 Å². The van der Waals surface area contributed by atoms with Gasteiger partial charge < -0.3 is 4.74 Å². The van der Waals surface area contributed by atoms with Crippen LogP contribution < -0.4 is 5.56 Å². The van der Waals surface area contributed by atoms with Gasteiger partial charge in [0, 0.05) is 12.8 Å². The number of benzene rings is 1. The number of hydrogen-bond donors (Lipinski definition) is 0. The summed E-state index contributed by atoms with van der Waals surface area (Å²) < 4.78 is 9.97. The van der Waals surface area contributed by atoms with Crippen molar-refractivity contribution in [2.45, 2.75) is 55.4 Å². The van der Waals surface area contributed by atoms with E-state index in [1.807, 2.05) is 28.7 Å². The van der Waals surface area contributed by atoms with E-state index >= 15 is 0 Å². The second-order valence-electron chi connectivity index (χ2n) is 7.48. The topological polar surface area (TPSA) is 61.4 Å². The lowest BCUT2D eigenvalue weighted by atomic mass is 9.98. The monoisotopic (exact) mass is 370 g/mol. The number of aryl methyl sites for hydroxylation is 1. The summed E-state index contributed by atoms with van der Waals surface area (Å²) in [4.78, 5) is 12.5. The summed E-state index contributed by atoms with van der Waals surface area (Å²) in [6, 6.07) is 7.64. The van der Waals surface area contributed by atoms with Crippen LogP contribution in [0.3, 0.4) is 0 Å². The zero-order chi connectivity index (χ0) is 17.7. The second kappa shape index (κ2) is 6.09. The normalized spacial score (nSPS) is 22.1. The Morgan fingerprint density at radius 3 is 2.88 bits per heavy atom. The molecule has 3 aromatic rings. The Hall–Kier alpha value is -1.86. The van der Waals surface area contributed by atoms with Crippen molar-refractivity contribution in [2.24, 2.45) is 7.05 Å². The third-order valence-corrected chi connectivity index (χ3v) is 6.91. The standard InChI is InChI=1S/C19H22N4O2S/c1-22-16(24)14-6-2-3-7-15(14)23-17(22)20-21-18(23)26-12-13-8-11-19(25-13)9-4-5-10-19/h2-3,6-7,13H,4-5,8-12H2,1H3. The first-order chi connectivity index (χ1) is 12.7. The van der Waals surface area contributed by atoms with Crippen molar-refractivity contribution in [1.29, 1.82) is 0 Å². The van der Waals surface area contributed by atoms with E-state index in [1.165, 1.54) is 32.1 Å². The van der Waals surface area contributed by atoms with E-state index in [0.717, 1.165) is 22.8 Å². The minimum absolute atomic E-state index is 0.0423. The molecule has 2 aliphatic rings. The predicted molar refractivity (Wildman–Crippen MR) is 102 cm³/mol. The smallest absolute Gasteiger partial charge is 0.262 e. The molecule has 1 spiro atoms. The maximum absolute atomic E-state index is 12.5. The Balaban J connectivity index is 1.46. The third-order valence-electron chi connectivity index (χ3n) is 5.85. The van der Waals surface area contributed by atoms with E-state index in [2.05, 4.69) is 10.2 Å². The van der Waals surface area contributed by atoms with Crippen molar-refractivity contribution >= 4 is 28.4 Å². The number of rotatable bonds is 3. The fourth-order valence-corrected chi connectivity index (χ4v) is 5.45. The number of hydrogen-bond acceptors (Lipinski definition) is 5. The first-order valence-electron chi connectivity index (χ1n) is 9.30. The van der Waals surface area contributed by atoms with E-state index in [9.17, 15) is 4.79 Å². The van der Waals surface area contributed by atoms with Crippen LogP contribution in [0.1, 0.15) is 38.5 Å². The van der Waals surface area contributed by atoms with Crippen LogP contribution >= 0.6 is 11.8 Å². The highest BCUT2D eigenvalue weighted by molar-refractivity contribution is 7.99. The van der Waals surface area contributed by atoms with Crippen molar-refractivity contribution in [3.8, 4) is 0 Å². The molecule has 0 amide bonds. The van der Waals surface area contributed by atoms with Gasteiger partial charge in [-0.1, -0.05) is 36.7 Å². The van der Waals surface area contributed by atoms with Gasteiger partial charge in [-0.3, -0.25) is 13.8 Å². The summed E-state index contributed by atoms with van der Waals surface area (Å²) in [6.45, 7) is 0. The summed E-state index contributed by atoms with van der Waals surface area (Å²) in [5.74, 6) is 1.45. The zero-order valence-corrected chi connectivity index (χ0v) is 15.7. The van der Waals surface area contributed by atoms with Crippen molar-refractivity contribution in [3.05, 3.63) is 34.6 Å². The molecule has 3 heterocycles. The molecule has 1 aliphatic heterocycles. The maximum atomic E-state index is 12.5. The predicted octanol–water partition coefficient (Wildman–Crippen LogP) is 3.17. The molecular formula is C19H22N4O2S. The molecule has 5 rings (SSSR count). The molecule has 0 bridgehead atoms. The second-order valence-corrected chi connectivity index (χ2v) is 8.47. The zero-order valence-electron chi connectivity index (χ0n) is 14.9. The lowest BCUT2D eigenvalue weighted by Gasteiger charge is -2.23. The van der Waals surface area contributed by atoms with Crippen LogP contribution in [0.15, 0.2) is 34.2 Å². The fraction of sp³-hybridized carbons (Fsp3) is 0.526. The van der Waals surface area contributed by atoms with Gasteiger partial charge >= 0.3 is 0 Å². The maximum Gasteiger partial charge on any atom is 0.262 e. The molecule has 26 heavy (non-hydrogen) atoms. The molecule has 1 aliphatic carbocycles. The van der Waals surface area contributed by atoms with Crippen LogP contribution in [0.5, 0.6) is 0 Å². The van der Waals surface area contributed by atoms with E-state index in [-0.39, 0.29) is 17.3 Å². The van der Waals surface area contributed by atoms with Gasteiger partial charge in [-0.2, -0.15) is 0 Å². The molecular weight excluding hydrogens is 348 g/mol. The molecule has 7 heteroatoms. The van der Waals surface area contributed by atoms with Crippen LogP contribution in [0.4, 0.5) is 0 Å². The van der Waals surface area contributed by atoms with Gasteiger partial charge in [-0.25, -0.2) is 0 Å². The molecule has 1 saturated carbocycles. The van der Waals surface area contributed by atoms with Crippen LogP contribution in [-0.2, 0) is 11.8 Å². The van der Waals surface area contributed by atoms with Crippen molar-refractivity contribution in [1.82, 2.24) is 19.2 Å². The number of aromatic nitrogens is 4. The quantitative estimate of drug-likeness (QED) is 0.663. The Labute approximate surface area is 155 Å². The molecule has 1 unspecified atom stereocenters. The molecule has 2 fully saturated rings. The highest BCUT2D eigenvalue weighted by Gasteiger charge is 2.42. The van der Waals surface area contributed by atoms with Gasteiger partial charge in [0.1, 0.15) is 0 Å². The fourth-order valence-electron chi connectivity index (χ4n) is 4.47. The molecule has 0 N–H and O–H groups in total. The van der Waals surface area contributed by atoms with Crippen LogP contribution in [0.25, 0.3) is 16.7 Å². The van der Waals surface area contributed by atoms with Gasteiger partial charge in [0.2, 0.25) is 5.78 Å². The summed E-state index contributed by atoms with van der Waals surface area (Å²) >= 11 is 1.67. The van der Waals surface area contributed by atoms with Crippen molar-refractivity contribution in [3.63, 3.8) is 0 Å². The first kappa shape index (κ1) is 16.3. The van der Waals surface area contributed by atoms with Crippen LogP contribution in [0, 0.1) is 0 Å². The molecule has 1 aromatic carbocycles. The largest absolute Gasteiger partial charge is 0.371 e. The molecule has 0 radical (unpaired) electrons. The first-order valence-corrected chi connectivity index (χ1v) is 10.3. The molecule has 1 atom stereocenters. The summed E-state index contributed by atoms with van der Waals surface area (Å²) in [6.07, 6.45) is 7.64. The highest BCUT2D eigenvalue weighted by atomic mass is 32.2. The lowest BCUT2D eigenvalue weighted by Crippen LogP contribution is -2.25. The van der Waals surface area contributed by atoms with E-state index in [4.69, 9.17) is 4.74 Å². The summed E-state index contributed by atoms with van der Waals surface area (Å²) in [7, 11) is 1.75. The van der Waals surface area contributed by atoms with Crippen LogP contribution in [0.2, 0.25) is 0 Å². The lowest BCUT2D eigenvalue weighted by molar-refractivity contribution is -0.0267. The number of para-hydroxylation sites is 1. The van der Waals surface area contributed by atoms with Gasteiger partial charge in [-0.15, -0.1) is 10.2 Å². The van der Waals surface area contributed by atoms with Gasteiger partial charge in [0.25, 0.3) is 5.56 Å². The Morgan fingerprint density at radius 1 is 1.23 bits per heavy atom. The molecule has 6 nitrogen and oxygen atoms in total. The number of fused-ring (bicyclic) bond motifs is 3. The number of thioether (sulfide) groups is 1. The highest BCUT2D eigenvalue weighted by Crippen LogP contribution is 2.44.